The van der Waals surface area contributed by atoms with Crippen LogP contribution in [0.2, 0.25) is 0 Å². The van der Waals surface area contributed by atoms with Gasteiger partial charge in [0, 0.05) is 34.3 Å². The van der Waals surface area contributed by atoms with Crippen LogP contribution >= 0.6 is 11.3 Å². The van der Waals surface area contributed by atoms with Crippen LogP contribution in [0.15, 0.2) is 30.3 Å². The third kappa shape index (κ3) is 4.02. The van der Waals surface area contributed by atoms with Gasteiger partial charge in [-0.3, -0.25) is 10.1 Å². The van der Waals surface area contributed by atoms with Crippen LogP contribution in [0.4, 0.5) is 11.5 Å². The van der Waals surface area contributed by atoms with Crippen LogP contribution in [0.5, 0.6) is 0 Å². The Morgan fingerprint density at radius 1 is 1.15 bits per heavy atom. The molecule has 0 spiro atoms. The molecule has 0 aliphatic rings. The summed E-state index contributed by atoms with van der Waals surface area (Å²) in [6.45, 7) is 6.67. The molecule has 0 saturated carbocycles. The van der Waals surface area contributed by atoms with E-state index in [0.29, 0.717) is 12.4 Å². The summed E-state index contributed by atoms with van der Waals surface area (Å²) >= 11 is 1.68. The summed E-state index contributed by atoms with van der Waals surface area (Å²) in [6, 6.07) is 8.19. The normalized spacial score (nSPS) is 10.7. The number of aryl methyl sites for hydroxylation is 3. The van der Waals surface area contributed by atoms with Gasteiger partial charge in [0.25, 0.3) is 5.69 Å². The second-order valence-corrected chi connectivity index (χ2v) is 7.22. The smallest absolute Gasteiger partial charge is 0.269 e. The number of nitrogens with zero attached hydrogens (tertiary/aromatic N) is 4. The molecule has 2 heterocycles. The van der Waals surface area contributed by atoms with Gasteiger partial charge in [-0.05, 0) is 32.4 Å². The van der Waals surface area contributed by atoms with E-state index >= 15 is 0 Å². The number of anilines is 1. The highest BCUT2D eigenvalue weighted by molar-refractivity contribution is 7.11. The third-order valence-electron chi connectivity index (χ3n) is 3.91. The fourth-order valence-electron chi connectivity index (χ4n) is 2.54. The van der Waals surface area contributed by atoms with Gasteiger partial charge in [-0.1, -0.05) is 6.92 Å². The zero-order valence-corrected chi connectivity index (χ0v) is 15.6. The Hall–Kier alpha value is -2.87. The summed E-state index contributed by atoms with van der Waals surface area (Å²) in [5.41, 5.74) is 2.71. The van der Waals surface area contributed by atoms with E-state index in [2.05, 4.69) is 27.2 Å². The molecule has 0 aliphatic heterocycles. The van der Waals surface area contributed by atoms with Crippen molar-refractivity contribution >= 4 is 22.8 Å². The first-order chi connectivity index (χ1) is 12.5. The van der Waals surface area contributed by atoms with Crippen molar-refractivity contribution in [1.29, 1.82) is 0 Å². The molecule has 0 unspecified atom stereocenters. The number of nitro groups is 1. The fraction of sp³-hybridized carbons (Fsp3) is 0.278. The monoisotopic (exact) mass is 369 g/mol. The number of hydrogen-bond acceptors (Lipinski definition) is 7. The predicted octanol–water partition coefficient (Wildman–Crippen LogP) is 4.30. The number of benzene rings is 1. The average Bonchev–Trinajstić information content (AvgIpc) is 2.97. The first kappa shape index (κ1) is 17.9. The molecular formula is C18H19N5O2S. The van der Waals surface area contributed by atoms with Crippen molar-refractivity contribution in [3.63, 3.8) is 0 Å². The quantitative estimate of drug-likeness (QED) is 0.514. The number of nitro benzene ring substituents is 1. The average molecular weight is 369 g/mol. The first-order valence-electron chi connectivity index (χ1n) is 8.26. The molecule has 0 atom stereocenters. The Kier molecular flexibility index (Phi) is 5.22. The second-order valence-electron chi connectivity index (χ2n) is 5.81. The van der Waals surface area contributed by atoms with Gasteiger partial charge in [-0.25, -0.2) is 15.0 Å². The van der Waals surface area contributed by atoms with Crippen LogP contribution in [-0.2, 0) is 13.0 Å². The molecule has 3 rings (SSSR count). The molecule has 3 aromatic rings. The third-order valence-corrected chi connectivity index (χ3v) is 4.84. The van der Waals surface area contributed by atoms with Crippen molar-refractivity contribution in [2.45, 2.75) is 33.7 Å². The molecule has 7 nitrogen and oxygen atoms in total. The summed E-state index contributed by atoms with van der Waals surface area (Å²) in [7, 11) is 0. The number of hydrogen-bond donors (Lipinski definition) is 1. The maximum absolute atomic E-state index is 10.8. The number of nitrogens with one attached hydrogen (secondary N) is 1. The molecule has 134 valence electrons. The molecule has 8 heteroatoms. The van der Waals surface area contributed by atoms with Gasteiger partial charge in [-0.15, -0.1) is 11.3 Å². The Balaban J connectivity index is 1.86. The highest BCUT2D eigenvalue weighted by atomic mass is 32.1. The molecule has 0 radical (unpaired) electrons. The largest absolute Gasteiger partial charge is 0.364 e. The van der Waals surface area contributed by atoms with Crippen LogP contribution in [0.1, 0.15) is 28.2 Å². The van der Waals surface area contributed by atoms with E-state index in [-0.39, 0.29) is 5.69 Å². The van der Waals surface area contributed by atoms with Gasteiger partial charge < -0.3 is 5.32 Å². The topological polar surface area (TPSA) is 93.8 Å². The number of non-ortho nitro benzene ring substituents is 1. The van der Waals surface area contributed by atoms with Crippen LogP contribution in [0, 0.1) is 24.0 Å². The van der Waals surface area contributed by atoms with E-state index in [1.54, 1.807) is 23.5 Å². The van der Waals surface area contributed by atoms with Crippen molar-refractivity contribution in [1.82, 2.24) is 15.0 Å². The molecule has 1 aromatic carbocycles. The number of aromatic nitrogens is 3. The Bertz CT molecular complexity index is 937. The lowest BCUT2D eigenvalue weighted by atomic mass is 10.2. The molecule has 0 bridgehead atoms. The molecule has 26 heavy (non-hydrogen) atoms. The minimum Gasteiger partial charge on any atom is -0.364 e. The van der Waals surface area contributed by atoms with Crippen molar-refractivity contribution in [3.05, 3.63) is 61.7 Å². The fourth-order valence-corrected chi connectivity index (χ4v) is 3.38. The summed E-state index contributed by atoms with van der Waals surface area (Å²) < 4.78 is 0. The van der Waals surface area contributed by atoms with E-state index in [9.17, 15) is 10.1 Å². The van der Waals surface area contributed by atoms with E-state index < -0.39 is 4.92 Å². The minimum atomic E-state index is -0.418. The van der Waals surface area contributed by atoms with E-state index in [1.807, 2.05) is 19.9 Å². The minimum absolute atomic E-state index is 0.0492. The Morgan fingerprint density at radius 2 is 1.88 bits per heavy atom. The van der Waals surface area contributed by atoms with Gasteiger partial charge in [0.05, 0.1) is 22.2 Å². The van der Waals surface area contributed by atoms with Gasteiger partial charge in [0.2, 0.25) is 0 Å². The molecule has 1 N–H and O–H groups in total. The zero-order valence-electron chi connectivity index (χ0n) is 14.8. The molecule has 2 aromatic heterocycles. The second kappa shape index (κ2) is 7.57. The van der Waals surface area contributed by atoms with Crippen molar-refractivity contribution in [2.75, 3.05) is 5.32 Å². The van der Waals surface area contributed by atoms with Gasteiger partial charge in [0.15, 0.2) is 5.82 Å². The lowest BCUT2D eigenvalue weighted by Crippen LogP contribution is -2.06. The molecule has 0 amide bonds. The van der Waals surface area contributed by atoms with E-state index in [4.69, 9.17) is 0 Å². The lowest BCUT2D eigenvalue weighted by Gasteiger charge is -2.09. The summed E-state index contributed by atoms with van der Waals surface area (Å²) in [6.07, 6.45) is 0.770. The molecular weight excluding hydrogens is 350 g/mol. The molecule has 0 aliphatic carbocycles. The maximum Gasteiger partial charge on any atom is 0.269 e. The zero-order chi connectivity index (χ0) is 18.7. The van der Waals surface area contributed by atoms with Crippen molar-refractivity contribution in [2.24, 2.45) is 0 Å². The summed E-state index contributed by atoms with van der Waals surface area (Å²) in [5.74, 6) is 1.27. The first-order valence-corrected chi connectivity index (χ1v) is 9.07. The van der Waals surface area contributed by atoms with Crippen molar-refractivity contribution < 1.29 is 4.92 Å². The molecule has 0 saturated heterocycles. The van der Waals surface area contributed by atoms with Crippen LogP contribution in [-0.4, -0.2) is 19.9 Å². The van der Waals surface area contributed by atoms with Gasteiger partial charge in [-0.2, -0.15) is 0 Å². The van der Waals surface area contributed by atoms with Gasteiger partial charge >= 0.3 is 0 Å². The van der Waals surface area contributed by atoms with Crippen LogP contribution < -0.4 is 5.32 Å². The summed E-state index contributed by atoms with van der Waals surface area (Å²) in [5, 5.41) is 15.2. The standard InChI is InChI=1S/C18H19N5O2S/c1-4-14-9-17(19-10-16-11(2)26-12(3)20-16)22-18(21-14)13-5-7-15(8-6-13)23(24)25/h5-9H,4,10H2,1-3H3,(H,19,21,22). The van der Waals surface area contributed by atoms with Gasteiger partial charge in [0.1, 0.15) is 5.82 Å². The van der Waals surface area contributed by atoms with Crippen molar-refractivity contribution in [3.8, 4) is 11.4 Å². The van der Waals surface area contributed by atoms with E-state index in [0.717, 1.165) is 34.2 Å². The SMILES string of the molecule is CCc1cc(NCc2nc(C)sc2C)nc(-c2ccc([N+](=O)[O-])cc2)n1. The maximum atomic E-state index is 10.8. The Morgan fingerprint density at radius 3 is 2.46 bits per heavy atom. The Labute approximate surface area is 155 Å². The highest BCUT2D eigenvalue weighted by Crippen LogP contribution is 2.22. The van der Waals surface area contributed by atoms with Crippen LogP contribution in [0.3, 0.4) is 0 Å². The van der Waals surface area contributed by atoms with Crippen LogP contribution in [0.25, 0.3) is 11.4 Å². The summed E-state index contributed by atoms with van der Waals surface area (Å²) in [4.78, 5) is 25.2. The highest BCUT2D eigenvalue weighted by Gasteiger charge is 2.10. The van der Waals surface area contributed by atoms with E-state index in [1.165, 1.54) is 17.0 Å². The lowest BCUT2D eigenvalue weighted by molar-refractivity contribution is -0.384. The number of rotatable bonds is 6. The predicted molar refractivity (Wildman–Crippen MR) is 102 cm³/mol. The molecule has 0 fully saturated rings. The number of thiazole rings is 1.